The third kappa shape index (κ3) is 40.4. The van der Waals surface area contributed by atoms with Crippen molar-refractivity contribution in [2.75, 3.05) is 41.0 Å². The van der Waals surface area contributed by atoms with Gasteiger partial charge in [0, 0.05) is 19.3 Å². The van der Waals surface area contributed by atoms with Gasteiger partial charge in [-0.25, -0.2) is 4.79 Å². The number of nitrogens with zero attached hydrogens (tertiary/aromatic N) is 1. The highest BCUT2D eigenvalue weighted by atomic mass is 16.6. The van der Waals surface area contributed by atoms with Crippen LogP contribution in [0.25, 0.3) is 0 Å². The SMILES string of the molecule is CC/C=C/C/C=C/C/C=C/C/C=C/C/C=C/CCC(=O)OC(COCCC(C(=O)O)[N+](C)(C)C)COC(=O)CCCCCCCCCCCCCCCCCCCCCC. The maximum absolute atomic E-state index is 12.7. The summed E-state index contributed by atoms with van der Waals surface area (Å²) < 4.78 is 17.2. The van der Waals surface area contributed by atoms with Crippen molar-refractivity contribution < 1.29 is 38.2 Å². The van der Waals surface area contributed by atoms with Crippen LogP contribution in [0.2, 0.25) is 0 Å². The number of hydrogen-bond donors (Lipinski definition) is 1. The lowest BCUT2D eigenvalue weighted by atomic mass is 10.0. The average molecular weight is 843 g/mol. The van der Waals surface area contributed by atoms with Gasteiger partial charge in [-0.05, 0) is 44.9 Å². The number of aliphatic carboxylic acids is 1. The van der Waals surface area contributed by atoms with E-state index in [1.807, 2.05) is 33.3 Å². The summed E-state index contributed by atoms with van der Waals surface area (Å²) in [4.78, 5) is 37.0. The van der Waals surface area contributed by atoms with Crippen molar-refractivity contribution in [3.8, 4) is 0 Å². The molecule has 0 heterocycles. The van der Waals surface area contributed by atoms with Gasteiger partial charge in [0.25, 0.3) is 0 Å². The van der Waals surface area contributed by atoms with Gasteiger partial charge in [0.05, 0.1) is 34.4 Å². The topological polar surface area (TPSA) is 99.1 Å². The fourth-order valence-corrected chi connectivity index (χ4v) is 6.97. The van der Waals surface area contributed by atoms with Crippen LogP contribution in [0.15, 0.2) is 60.8 Å². The number of unbranched alkanes of at least 4 members (excludes halogenated alkanes) is 19. The maximum Gasteiger partial charge on any atom is 0.362 e. The van der Waals surface area contributed by atoms with E-state index >= 15 is 0 Å². The van der Waals surface area contributed by atoms with Crippen LogP contribution in [0.5, 0.6) is 0 Å². The Hall–Kier alpha value is -2.97. The smallest absolute Gasteiger partial charge is 0.362 e. The number of likely N-dealkylation sites (N-methyl/N-ethyl adjacent to an activating group) is 1. The van der Waals surface area contributed by atoms with E-state index in [9.17, 15) is 19.5 Å². The summed E-state index contributed by atoms with van der Waals surface area (Å²) in [6, 6.07) is -0.628. The molecule has 0 rings (SSSR count). The quantitative estimate of drug-likeness (QED) is 0.0282. The number of esters is 2. The van der Waals surface area contributed by atoms with Gasteiger partial charge in [0.15, 0.2) is 12.1 Å². The molecule has 0 aromatic heterocycles. The summed E-state index contributed by atoms with van der Waals surface area (Å²) in [5, 5.41) is 9.63. The van der Waals surface area contributed by atoms with E-state index in [-0.39, 0.29) is 42.7 Å². The predicted octanol–water partition coefficient (Wildman–Crippen LogP) is 13.8. The Labute approximate surface area is 368 Å². The minimum atomic E-state index is -0.886. The average Bonchev–Trinajstić information content (AvgIpc) is 3.21. The lowest BCUT2D eigenvalue weighted by Crippen LogP contribution is -2.50. The lowest BCUT2D eigenvalue weighted by Gasteiger charge is -2.31. The van der Waals surface area contributed by atoms with Gasteiger partial charge in [-0.15, -0.1) is 0 Å². The van der Waals surface area contributed by atoms with E-state index < -0.39 is 18.1 Å². The first-order valence-corrected chi connectivity index (χ1v) is 24.3. The standard InChI is InChI=1S/C52H91NO7/c1-6-8-10-12-14-16-18-20-22-24-25-26-27-29-30-32-34-36-38-40-42-50(54)59-47-48(46-58-45-44-49(52(56)57)53(3,4)5)60-51(55)43-41-39-37-35-33-31-28-23-21-19-17-15-13-11-9-7-2/h9,11,15,17,21,23,31,33,37,39,48-49H,6-8,10,12-14,16,18-20,22,24-30,32,34-36,38,40-47H2,1-5H3/p+1/b11-9+,17-15+,23-21+,33-31+,39-37+. The molecule has 0 aromatic carbocycles. The molecule has 0 aliphatic carbocycles. The second kappa shape index (κ2) is 42.7. The van der Waals surface area contributed by atoms with Gasteiger partial charge >= 0.3 is 17.9 Å². The molecule has 2 unspecified atom stereocenters. The van der Waals surface area contributed by atoms with Crippen molar-refractivity contribution in [3.63, 3.8) is 0 Å². The number of carbonyl (C=O) groups excluding carboxylic acids is 2. The van der Waals surface area contributed by atoms with Crippen LogP contribution in [0.4, 0.5) is 0 Å². The Bertz CT molecular complexity index is 1170. The van der Waals surface area contributed by atoms with Crippen LogP contribution < -0.4 is 0 Å². The highest BCUT2D eigenvalue weighted by Crippen LogP contribution is 2.16. The highest BCUT2D eigenvalue weighted by molar-refractivity contribution is 5.72. The molecular weight excluding hydrogens is 751 g/mol. The number of ether oxygens (including phenoxy) is 3. The zero-order valence-electron chi connectivity index (χ0n) is 39.4. The molecule has 0 aliphatic heterocycles. The minimum absolute atomic E-state index is 0.0312. The van der Waals surface area contributed by atoms with Gasteiger partial charge in [-0.2, -0.15) is 0 Å². The Morgan fingerprint density at radius 1 is 0.517 bits per heavy atom. The summed E-state index contributed by atoms with van der Waals surface area (Å²) >= 11 is 0. The Balaban J connectivity index is 4.33. The van der Waals surface area contributed by atoms with Crippen LogP contribution >= 0.6 is 0 Å². The molecule has 0 spiro atoms. The number of rotatable bonds is 43. The van der Waals surface area contributed by atoms with Gasteiger partial charge in [-0.1, -0.05) is 197 Å². The molecule has 0 radical (unpaired) electrons. The second-order valence-corrected chi connectivity index (χ2v) is 17.3. The molecule has 0 saturated carbocycles. The predicted molar refractivity (Wildman–Crippen MR) is 252 cm³/mol. The highest BCUT2D eigenvalue weighted by Gasteiger charge is 2.31. The molecule has 0 aromatic rings. The molecule has 8 heteroatoms. The molecule has 0 aliphatic rings. The summed E-state index contributed by atoms with van der Waals surface area (Å²) in [5.41, 5.74) is 0. The van der Waals surface area contributed by atoms with Crippen molar-refractivity contribution in [2.24, 2.45) is 0 Å². The van der Waals surface area contributed by atoms with E-state index in [0.717, 1.165) is 51.4 Å². The first kappa shape index (κ1) is 57.0. The number of carboxylic acid groups (broad SMARTS) is 1. The molecule has 0 amide bonds. The summed E-state index contributed by atoms with van der Waals surface area (Å²) in [6.07, 6.45) is 52.9. The number of carbonyl (C=O) groups is 3. The molecule has 8 nitrogen and oxygen atoms in total. The zero-order valence-corrected chi connectivity index (χ0v) is 39.4. The number of quaternary nitrogens is 1. The number of hydrogen-bond acceptors (Lipinski definition) is 6. The number of carboxylic acids is 1. The fourth-order valence-electron chi connectivity index (χ4n) is 6.97. The zero-order chi connectivity index (χ0) is 44.2. The van der Waals surface area contributed by atoms with E-state index in [4.69, 9.17) is 14.2 Å². The lowest BCUT2D eigenvalue weighted by molar-refractivity contribution is -0.887. The van der Waals surface area contributed by atoms with Gasteiger partial charge in [-0.3, -0.25) is 9.59 Å². The van der Waals surface area contributed by atoms with Crippen molar-refractivity contribution in [1.29, 1.82) is 0 Å². The largest absolute Gasteiger partial charge is 0.477 e. The maximum atomic E-state index is 12.7. The van der Waals surface area contributed by atoms with E-state index in [0.29, 0.717) is 19.3 Å². The van der Waals surface area contributed by atoms with Crippen LogP contribution in [0.3, 0.4) is 0 Å². The molecule has 60 heavy (non-hydrogen) atoms. The van der Waals surface area contributed by atoms with Gasteiger partial charge in [0.2, 0.25) is 0 Å². The van der Waals surface area contributed by atoms with E-state index in [2.05, 4.69) is 62.5 Å². The van der Waals surface area contributed by atoms with Crippen molar-refractivity contribution in [1.82, 2.24) is 0 Å². The molecular formula is C52H92NO7+. The molecule has 0 bridgehead atoms. The molecule has 0 saturated heterocycles. The van der Waals surface area contributed by atoms with Gasteiger partial charge < -0.3 is 23.8 Å². The molecule has 1 N–H and O–H groups in total. The van der Waals surface area contributed by atoms with Gasteiger partial charge in [0.1, 0.15) is 6.61 Å². The monoisotopic (exact) mass is 843 g/mol. The molecule has 346 valence electrons. The second-order valence-electron chi connectivity index (χ2n) is 17.3. The Morgan fingerprint density at radius 2 is 0.933 bits per heavy atom. The molecule has 2 atom stereocenters. The first-order valence-electron chi connectivity index (χ1n) is 24.3. The summed E-state index contributed by atoms with van der Waals surface area (Å²) in [7, 11) is 5.50. The Morgan fingerprint density at radius 3 is 1.35 bits per heavy atom. The van der Waals surface area contributed by atoms with Crippen LogP contribution in [0, 0.1) is 0 Å². The van der Waals surface area contributed by atoms with Crippen molar-refractivity contribution in [3.05, 3.63) is 60.8 Å². The minimum Gasteiger partial charge on any atom is -0.477 e. The molecule has 0 fully saturated rings. The van der Waals surface area contributed by atoms with E-state index in [1.165, 1.54) is 109 Å². The van der Waals surface area contributed by atoms with Crippen molar-refractivity contribution in [2.45, 2.75) is 212 Å². The van der Waals surface area contributed by atoms with Crippen molar-refractivity contribution >= 4 is 17.9 Å². The third-order valence-electron chi connectivity index (χ3n) is 10.7. The Kier molecular flexibility index (Phi) is 40.6. The summed E-state index contributed by atoms with van der Waals surface area (Å²) in [5.74, 6) is -1.57. The van der Waals surface area contributed by atoms with Crippen LogP contribution in [-0.2, 0) is 28.6 Å². The summed E-state index contributed by atoms with van der Waals surface area (Å²) in [6.45, 7) is 4.56. The third-order valence-corrected chi connectivity index (χ3v) is 10.7. The van der Waals surface area contributed by atoms with E-state index in [1.54, 1.807) is 0 Å². The normalized spacial score (nSPS) is 13.4. The van der Waals surface area contributed by atoms with Crippen LogP contribution in [-0.4, -0.2) is 80.6 Å². The number of allylic oxidation sites excluding steroid dienone is 10. The fraction of sp³-hybridized carbons (Fsp3) is 0.750. The van der Waals surface area contributed by atoms with Crippen LogP contribution in [0.1, 0.15) is 200 Å². The first-order chi connectivity index (χ1) is 29.1.